The zero-order valence-electron chi connectivity index (χ0n) is 15.5. The normalized spacial score (nSPS) is 14.1. The fourth-order valence-corrected chi connectivity index (χ4v) is 3.33. The predicted octanol–water partition coefficient (Wildman–Crippen LogP) is 3.27. The molecule has 8 nitrogen and oxygen atoms in total. The van der Waals surface area contributed by atoms with E-state index in [4.69, 9.17) is 26.3 Å². The van der Waals surface area contributed by atoms with Gasteiger partial charge in [0, 0.05) is 18.8 Å². The van der Waals surface area contributed by atoms with Gasteiger partial charge in [0.1, 0.15) is 5.75 Å². The van der Waals surface area contributed by atoms with Gasteiger partial charge in [0.15, 0.2) is 16.1 Å². The van der Waals surface area contributed by atoms with Crippen LogP contribution in [0.5, 0.6) is 5.75 Å². The number of thiocarbonyl (C=S) groups is 1. The zero-order valence-corrected chi connectivity index (χ0v) is 16.3. The summed E-state index contributed by atoms with van der Waals surface area (Å²) in [5, 5.41) is 14.9. The van der Waals surface area contributed by atoms with Crippen LogP contribution in [0.4, 0.5) is 17.1 Å². The van der Waals surface area contributed by atoms with Gasteiger partial charge >= 0.3 is 0 Å². The summed E-state index contributed by atoms with van der Waals surface area (Å²) in [7, 11) is 0. The lowest BCUT2D eigenvalue weighted by molar-refractivity contribution is 0.123. The fraction of sp³-hybridized carbons (Fsp3) is 0.316. The Morgan fingerprint density at radius 1 is 1.07 bits per heavy atom. The number of morpholine rings is 1. The van der Waals surface area contributed by atoms with Crippen molar-refractivity contribution in [3.05, 3.63) is 36.4 Å². The summed E-state index contributed by atoms with van der Waals surface area (Å²) in [6.45, 7) is 5.61. The summed E-state index contributed by atoms with van der Waals surface area (Å²) in [4.78, 5) is 2.22. The van der Waals surface area contributed by atoms with Crippen LogP contribution in [0.15, 0.2) is 41.0 Å². The summed E-state index contributed by atoms with van der Waals surface area (Å²) < 4.78 is 15.9. The number of aromatic nitrogens is 2. The quantitative estimate of drug-likeness (QED) is 0.628. The van der Waals surface area contributed by atoms with Gasteiger partial charge in [-0.2, -0.15) is 0 Å². The van der Waals surface area contributed by atoms with Crippen molar-refractivity contribution >= 4 is 45.4 Å². The lowest BCUT2D eigenvalue weighted by Gasteiger charge is -2.28. The fourth-order valence-electron chi connectivity index (χ4n) is 3.10. The Kier molecular flexibility index (Phi) is 5.54. The van der Waals surface area contributed by atoms with Crippen molar-refractivity contribution in [2.45, 2.75) is 6.92 Å². The summed E-state index contributed by atoms with van der Waals surface area (Å²) in [6.07, 6.45) is 0. The van der Waals surface area contributed by atoms with E-state index in [0.29, 0.717) is 36.0 Å². The standard InChI is InChI=1S/C19H21N5O3S/c1-2-26-14-5-3-13(4-6-14)20-19(28)21-15-7-8-16(18-17(15)22-27-23-18)24-9-11-25-12-10-24/h3-8H,2,9-12H2,1H3,(H2,20,21,28). The molecule has 0 radical (unpaired) electrons. The minimum atomic E-state index is 0.451. The minimum Gasteiger partial charge on any atom is -0.494 e. The molecule has 28 heavy (non-hydrogen) atoms. The Labute approximate surface area is 167 Å². The molecule has 1 aromatic heterocycles. The number of nitrogens with one attached hydrogen (secondary N) is 2. The molecule has 0 saturated carbocycles. The van der Waals surface area contributed by atoms with Crippen LogP contribution in [-0.4, -0.2) is 48.3 Å². The first-order valence-electron chi connectivity index (χ1n) is 9.13. The molecule has 0 atom stereocenters. The van der Waals surface area contributed by atoms with E-state index in [1.54, 1.807) is 0 Å². The highest BCUT2D eigenvalue weighted by atomic mass is 32.1. The number of rotatable bonds is 5. The van der Waals surface area contributed by atoms with Gasteiger partial charge in [0.05, 0.1) is 31.2 Å². The summed E-state index contributed by atoms with van der Waals surface area (Å²) in [6, 6.07) is 11.5. The molecule has 146 valence electrons. The van der Waals surface area contributed by atoms with Gasteiger partial charge in [-0.3, -0.25) is 0 Å². The second-order valence-corrected chi connectivity index (χ2v) is 6.64. The van der Waals surface area contributed by atoms with Crippen LogP contribution in [-0.2, 0) is 4.74 Å². The van der Waals surface area contributed by atoms with Crippen LogP contribution in [0.2, 0.25) is 0 Å². The maximum atomic E-state index is 5.45. The van der Waals surface area contributed by atoms with Crippen molar-refractivity contribution in [2.75, 3.05) is 48.4 Å². The SMILES string of the molecule is CCOc1ccc(NC(=S)Nc2ccc(N3CCOCC3)c3nonc23)cc1. The van der Waals surface area contributed by atoms with E-state index in [1.807, 2.05) is 43.3 Å². The molecule has 0 amide bonds. The molecule has 1 aliphatic rings. The van der Waals surface area contributed by atoms with Crippen LogP contribution in [0.25, 0.3) is 11.0 Å². The van der Waals surface area contributed by atoms with Crippen LogP contribution < -0.4 is 20.3 Å². The Morgan fingerprint density at radius 2 is 1.82 bits per heavy atom. The number of benzene rings is 2. The number of ether oxygens (including phenoxy) is 2. The second-order valence-electron chi connectivity index (χ2n) is 6.23. The van der Waals surface area contributed by atoms with Crippen molar-refractivity contribution in [3.63, 3.8) is 0 Å². The van der Waals surface area contributed by atoms with Crippen LogP contribution >= 0.6 is 12.2 Å². The second kappa shape index (κ2) is 8.41. The molecule has 0 aliphatic carbocycles. The molecule has 0 bridgehead atoms. The number of fused-ring (bicyclic) bond motifs is 1. The van der Waals surface area contributed by atoms with E-state index in [9.17, 15) is 0 Å². The van der Waals surface area contributed by atoms with Gasteiger partial charge in [0.2, 0.25) is 0 Å². The van der Waals surface area contributed by atoms with Gasteiger partial charge in [-0.15, -0.1) is 0 Å². The van der Waals surface area contributed by atoms with Gasteiger partial charge in [-0.05, 0) is 65.9 Å². The molecule has 1 fully saturated rings. The van der Waals surface area contributed by atoms with Gasteiger partial charge in [-0.1, -0.05) is 0 Å². The van der Waals surface area contributed by atoms with E-state index in [-0.39, 0.29) is 0 Å². The van der Waals surface area contributed by atoms with Gasteiger partial charge < -0.3 is 25.0 Å². The highest BCUT2D eigenvalue weighted by molar-refractivity contribution is 7.80. The molecule has 9 heteroatoms. The minimum absolute atomic E-state index is 0.451. The third kappa shape index (κ3) is 4.00. The number of anilines is 3. The lowest BCUT2D eigenvalue weighted by atomic mass is 10.2. The van der Waals surface area contributed by atoms with E-state index < -0.39 is 0 Å². The maximum absolute atomic E-state index is 5.45. The largest absolute Gasteiger partial charge is 0.494 e. The Bertz CT molecular complexity index is 954. The van der Waals surface area contributed by atoms with Crippen LogP contribution in [0, 0.1) is 0 Å². The molecule has 2 aromatic carbocycles. The number of hydrogen-bond donors (Lipinski definition) is 2. The first-order valence-corrected chi connectivity index (χ1v) is 9.54. The summed E-state index contributed by atoms with van der Waals surface area (Å²) >= 11 is 5.44. The van der Waals surface area contributed by atoms with Crippen LogP contribution in [0.1, 0.15) is 6.92 Å². The first kappa shape index (κ1) is 18.5. The van der Waals surface area contributed by atoms with E-state index in [1.165, 1.54) is 0 Å². The highest BCUT2D eigenvalue weighted by Gasteiger charge is 2.19. The molecule has 0 unspecified atom stereocenters. The molecule has 3 aromatic rings. The number of hydrogen-bond acceptors (Lipinski definition) is 7. The maximum Gasteiger partial charge on any atom is 0.175 e. The molecule has 1 saturated heterocycles. The lowest BCUT2D eigenvalue weighted by Crippen LogP contribution is -2.36. The van der Waals surface area contributed by atoms with Gasteiger partial charge in [-0.25, -0.2) is 4.63 Å². The molecule has 2 heterocycles. The molecule has 4 rings (SSSR count). The Hall–Kier alpha value is -2.91. The van der Waals surface area contributed by atoms with Crippen molar-refractivity contribution in [3.8, 4) is 5.75 Å². The third-order valence-corrected chi connectivity index (χ3v) is 4.62. The topological polar surface area (TPSA) is 84.7 Å². The third-order valence-electron chi connectivity index (χ3n) is 4.42. The van der Waals surface area contributed by atoms with Crippen molar-refractivity contribution < 1.29 is 14.1 Å². The van der Waals surface area contributed by atoms with E-state index in [0.717, 1.165) is 35.9 Å². The number of nitrogens with zero attached hydrogens (tertiary/aromatic N) is 3. The van der Waals surface area contributed by atoms with E-state index in [2.05, 4.69) is 25.8 Å². The van der Waals surface area contributed by atoms with Gasteiger partial charge in [0.25, 0.3) is 0 Å². The molecular formula is C19H21N5O3S. The monoisotopic (exact) mass is 399 g/mol. The van der Waals surface area contributed by atoms with Crippen molar-refractivity contribution in [2.24, 2.45) is 0 Å². The highest BCUT2D eigenvalue weighted by Crippen LogP contribution is 2.30. The van der Waals surface area contributed by atoms with Crippen LogP contribution in [0.3, 0.4) is 0 Å². The molecular weight excluding hydrogens is 378 g/mol. The van der Waals surface area contributed by atoms with E-state index >= 15 is 0 Å². The average Bonchev–Trinajstić information content (AvgIpc) is 3.21. The summed E-state index contributed by atoms with van der Waals surface area (Å²) in [5.41, 5.74) is 3.92. The van der Waals surface area contributed by atoms with Crippen molar-refractivity contribution in [1.82, 2.24) is 10.3 Å². The smallest absolute Gasteiger partial charge is 0.175 e. The average molecular weight is 399 g/mol. The molecule has 2 N–H and O–H groups in total. The molecule has 1 aliphatic heterocycles. The first-order chi connectivity index (χ1) is 13.7. The zero-order chi connectivity index (χ0) is 19.3. The summed E-state index contributed by atoms with van der Waals surface area (Å²) in [5.74, 6) is 0.820. The molecule has 0 spiro atoms. The Morgan fingerprint density at radius 3 is 2.57 bits per heavy atom. The van der Waals surface area contributed by atoms with Crippen molar-refractivity contribution in [1.29, 1.82) is 0 Å². The predicted molar refractivity (Wildman–Crippen MR) is 112 cm³/mol. The Balaban J connectivity index is 1.48.